The van der Waals surface area contributed by atoms with E-state index in [1.54, 1.807) is 0 Å². The quantitative estimate of drug-likeness (QED) is 0.663. The first-order valence-corrected chi connectivity index (χ1v) is 6.49. The summed E-state index contributed by atoms with van der Waals surface area (Å²) in [6, 6.07) is 7.65. The number of anilines is 1. The highest BCUT2D eigenvalue weighted by atomic mass is 16.5. The van der Waals surface area contributed by atoms with E-state index in [9.17, 15) is 5.11 Å². The summed E-state index contributed by atoms with van der Waals surface area (Å²) in [7, 11) is 0. The van der Waals surface area contributed by atoms with Crippen molar-refractivity contribution in [1.82, 2.24) is 0 Å². The molecule has 0 saturated carbocycles. The molecule has 1 aromatic carbocycles. The Hall–Kier alpha value is -1.26. The van der Waals surface area contributed by atoms with Crippen molar-refractivity contribution in [1.29, 1.82) is 0 Å². The Balaban J connectivity index is 2.66. The first kappa shape index (κ1) is 14.8. The predicted octanol–water partition coefficient (Wildman–Crippen LogP) is 2.02. The minimum absolute atomic E-state index is 0.204. The zero-order valence-electron chi connectivity index (χ0n) is 11.1. The van der Waals surface area contributed by atoms with Gasteiger partial charge in [-0.1, -0.05) is 26.0 Å². The molecule has 0 amide bonds. The first-order chi connectivity index (χ1) is 8.71. The number of aliphatic hydroxyl groups excluding tert-OH is 2. The van der Waals surface area contributed by atoms with Gasteiger partial charge in [-0.25, -0.2) is 0 Å². The van der Waals surface area contributed by atoms with Crippen molar-refractivity contribution < 1.29 is 14.9 Å². The highest BCUT2D eigenvalue weighted by Crippen LogP contribution is 2.25. The Bertz CT molecular complexity index is 340. The van der Waals surface area contributed by atoms with Gasteiger partial charge in [0.1, 0.15) is 5.75 Å². The number of para-hydroxylation sites is 2. The lowest BCUT2D eigenvalue weighted by Crippen LogP contribution is -2.23. The molecule has 0 saturated heterocycles. The van der Waals surface area contributed by atoms with Crippen LogP contribution in [0.5, 0.6) is 5.75 Å². The van der Waals surface area contributed by atoms with Gasteiger partial charge in [0.25, 0.3) is 0 Å². The molecule has 0 radical (unpaired) electrons. The van der Waals surface area contributed by atoms with Gasteiger partial charge in [0.2, 0.25) is 0 Å². The van der Waals surface area contributed by atoms with E-state index in [1.165, 1.54) is 0 Å². The highest BCUT2D eigenvalue weighted by molar-refractivity contribution is 5.56. The molecule has 0 bridgehead atoms. The monoisotopic (exact) mass is 253 g/mol. The van der Waals surface area contributed by atoms with Crippen LogP contribution in [0.1, 0.15) is 26.7 Å². The summed E-state index contributed by atoms with van der Waals surface area (Å²) in [5.41, 5.74) is 0.844. The van der Waals surface area contributed by atoms with Crippen LogP contribution in [0.15, 0.2) is 24.3 Å². The van der Waals surface area contributed by atoms with Gasteiger partial charge >= 0.3 is 0 Å². The van der Waals surface area contributed by atoms with E-state index in [4.69, 9.17) is 9.84 Å². The molecule has 3 N–H and O–H groups in total. The average Bonchev–Trinajstić information content (AvgIpc) is 2.43. The maximum Gasteiger partial charge on any atom is 0.142 e. The second-order valence-electron chi connectivity index (χ2n) is 4.27. The molecule has 0 spiro atoms. The van der Waals surface area contributed by atoms with Crippen LogP contribution in [0.2, 0.25) is 0 Å². The fourth-order valence-corrected chi connectivity index (χ4v) is 1.64. The Morgan fingerprint density at radius 3 is 2.50 bits per heavy atom. The third-order valence-corrected chi connectivity index (χ3v) is 2.83. The molecule has 0 fully saturated rings. The van der Waals surface area contributed by atoms with Gasteiger partial charge in [-0.3, -0.25) is 0 Å². The summed E-state index contributed by atoms with van der Waals surface area (Å²) < 4.78 is 5.90. The lowest BCUT2D eigenvalue weighted by molar-refractivity contribution is 0.105. The van der Waals surface area contributed by atoms with Gasteiger partial charge in [-0.15, -0.1) is 0 Å². The zero-order valence-corrected chi connectivity index (χ0v) is 11.1. The maximum atomic E-state index is 9.33. The van der Waals surface area contributed by atoms with Crippen molar-refractivity contribution in [3.05, 3.63) is 24.3 Å². The van der Waals surface area contributed by atoms with Crippen LogP contribution < -0.4 is 10.1 Å². The molecule has 0 aromatic heterocycles. The molecule has 1 atom stereocenters. The summed E-state index contributed by atoms with van der Waals surface area (Å²) in [5, 5.41) is 21.2. The molecule has 0 aliphatic rings. The molecular formula is C14H23NO3. The van der Waals surface area contributed by atoms with E-state index in [-0.39, 0.29) is 12.7 Å². The number of hydrogen-bond donors (Lipinski definition) is 3. The number of aliphatic hydroxyl groups is 2. The van der Waals surface area contributed by atoms with E-state index < -0.39 is 6.10 Å². The summed E-state index contributed by atoms with van der Waals surface area (Å²) >= 11 is 0. The Kier molecular flexibility index (Phi) is 6.54. The van der Waals surface area contributed by atoms with Crippen LogP contribution in [0.3, 0.4) is 0 Å². The second-order valence-corrected chi connectivity index (χ2v) is 4.27. The third kappa shape index (κ3) is 4.55. The molecule has 18 heavy (non-hydrogen) atoms. The van der Waals surface area contributed by atoms with Crippen LogP contribution in [0.25, 0.3) is 0 Å². The Labute approximate surface area is 109 Å². The molecule has 1 aromatic rings. The smallest absolute Gasteiger partial charge is 0.142 e. The molecule has 0 aliphatic heterocycles. The lowest BCUT2D eigenvalue weighted by Gasteiger charge is -2.19. The van der Waals surface area contributed by atoms with Gasteiger partial charge in [-0.05, 0) is 25.0 Å². The fraction of sp³-hybridized carbons (Fsp3) is 0.571. The molecule has 0 aliphatic carbocycles. The SMILES string of the molecule is CCC(CC)Oc1ccccc1NCC(O)CO. The fourth-order valence-electron chi connectivity index (χ4n) is 1.64. The number of nitrogens with one attached hydrogen (secondary N) is 1. The Morgan fingerprint density at radius 2 is 1.89 bits per heavy atom. The first-order valence-electron chi connectivity index (χ1n) is 6.49. The van der Waals surface area contributed by atoms with Crippen molar-refractivity contribution >= 4 is 5.69 Å². The van der Waals surface area contributed by atoms with Crippen molar-refractivity contribution in [2.75, 3.05) is 18.5 Å². The van der Waals surface area contributed by atoms with Gasteiger partial charge in [-0.2, -0.15) is 0 Å². The number of ether oxygens (including phenoxy) is 1. The highest BCUT2D eigenvalue weighted by Gasteiger charge is 2.10. The minimum atomic E-state index is -0.758. The Morgan fingerprint density at radius 1 is 1.22 bits per heavy atom. The maximum absolute atomic E-state index is 9.33. The van der Waals surface area contributed by atoms with E-state index >= 15 is 0 Å². The van der Waals surface area contributed by atoms with Crippen LogP contribution in [0.4, 0.5) is 5.69 Å². The van der Waals surface area contributed by atoms with Crippen LogP contribution in [-0.2, 0) is 0 Å². The van der Waals surface area contributed by atoms with Gasteiger partial charge in [0.15, 0.2) is 0 Å². The summed E-state index contributed by atoms with van der Waals surface area (Å²) in [5.74, 6) is 0.788. The molecule has 4 heteroatoms. The summed E-state index contributed by atoms with van der Waals surface area (Å²) in [4.78, 5) is 0. The number of rotatable bonds is 8. The van der Waals surface area contributed by atoms with Crippen LogP contribution in [-0.4, -0.2) is 35.6 Å². The largest absolute Gasteiger partial charge is 0.488 e. The van der Waals surface area contributed by atoms with E-state index in [2.05, 4.69) is 19.2 Å². The van der Waals surface area contributed by atoms with Gasteiger partial charge in [0, 0.05) is 6.54 Å². The van der Waals surface area contributed by atoms with Crippen LogP contribution >= 0.6 is 0 Å². The summed E-state index contributed by atoms with van der Waals surface area (Å²) in [6.07, 6.45) is 1.37. The predicted molar refractivity (Wildman–Crippen MR) is 73.0 cm³/mol. The normalized spacial score (nSPS) is 12.5. The number of benzene rings is 1. The van der Waals surface area contributed by atoms with Crippen molar-refractivity contribution in [2.45, 2.75) is 38.9 Å². The van der Waals surface area contributed by atoms with Crippen molar-refractivity contribution in [2.24, 2.45) is 0 Å². The molecule has 0 heterocycles. The number of hydrogen-bond acceptors (Lipinski definition) is 4. The third-order valence-electron chi connectivity index (χ3n) is 2.83. The van der Waals surface area contributed by atoms with E-state index in [1.807, 2.05) is 24.3 Å². The van der Waals surface area contributed by atoms with E-state index in [0.717, 1.165) is 24.3 Å². The van der Waals surface area contributed by atoms with Gasteiger partial charge < -0.3 is 20.3 Å². The standard InChI is InChI=1S/C14H23NO3/c1-3-12(4-2)18-14-8-6-5-7-13(14)15-9-11(17)10-16/h5-8,11-12,15-17H,3-4,9-10H2,1-2H3. The lowest BCUT2D eigenvalue weighted by atomic mass is 10.2. The average molecular weight is 253 g/mol. The van der Waals surface area contributed by atoms with E-state index in [0.29, 0.717) is 6.54 Å². The molecule has 1 unspecified atom stereocenters. The molecule has 4 nitrogen and oxygen atoms in total. The zero-order chi connectivity index (χ0) is 13.4. The van der Waals surface area contributed by atoms with Crippen LogP contribution in [0, 0.1) is 0 Å². The second kappa shape index (κ2) is 7.95. The van der Waals surface area contributed by atoms with Gasteiger partial charge in [0.05, 0.1) is 24.5 Å². The summed E-state index contributed by atoms with van der Waals surface area (Å²) in [6.45, 7) is 4.25. The molecule has 1 rings (SSSR count). The minimum Gasteiger partial charge on any atom is -0.488 e. The van der Waals surface area contributed by atoms with Crippen molar-refractivity contribution in [3.63, 3.8) is 0 Å². The molecular weight excluding hydrogens is 230 g/mol. The van der Waals surface area contributed by atoms with Crippen molar-refractivity contribution in [3.8, 4) is 5.75 Å². The topological polar surface area (TPSA) is 61.7 Å². The molecule has 102 valence electrons.